The minimum Gasteiger partial charge on any atom is -0.332 e. The van der Waals surface area contributed by atoms with Crippen LogP contribution in [0.15, 0.2) is 86.0 Å². The highest BCUT2D eigenvalue weighted by Crippen LogP contribution is 2.29. The van der Waals surface area contributed by atoms with E-state index in [1.165, 1.54) is 16.0 Å². The number of carbonyl (C=O) groups excluding carboxylic acids is 2. The van der Waals surface area contributed by atoms with Crippen molar-refractivity contribution in [1.82, 2.24) is 14.7 Å². The van der Waals surface area contributed by atoms with Gasteiger partial charge in [0.05, 0.1) is 6.04 Å². The number of amides is 2. The van der Waals surface area contributed by atoms with Gasteiger partial charge in [-0.25, -0.2) is 0 Å². The molecule has 0 radical (unpaired) electrons. The average Bonchev–Trinajstić information content (AvgIpc) is 2.80. The van der Waals surface area contributed by atoms with E-state index in [0.717, 1.165) is 0 Å². The molecular weight excluding hydrogens is 374 g/mol. The first-order valence-electron chi connectivity index (χ1n) is 10.3. The molecule has 5 nitrogen and oxygen atoms in total. The molecule has 0 unspecified atom stereocenters. The lowest BCUT2D eigenvalue weighted by atomic mass is 9.96. The Balaban J connectivity index is 1.71. The molecule has 2 aromatic carbocycles. The Morgan fingerprint density at radius 2 is 1.30 bits per heavy atom. The molecule has 2 aromatic rings. The number of piperazine rings is 1. The maximum atomic E-state index is 12.8. The second-order valence-corrected chi connectivity index (χ2v) is 7.34. The molecule has 1 saturated heterocycles. The van der Waals surface area contributed by atoms with Gasteiger partial charge in [0.2, 0.25) is 0 Å². The molecule has 0 aliphatic carbocycles. The van der Waals surface area contributed by atoms with Gasteiger partial charge in [-0.1, -0.05) is 72.8 Å². The third-order valence-corrected chi connectivity index (χ3v) is 5.37. The first-order valence-corrected chi connectivity index (χ1v) is 10.3. The van der Waals surface area contributed by atoms with Crippen molar-refractivity contribution < 1.29 is 9.59 Å². The summed E-state index contributed by atoms with van der Waals surface area (Å²) >= 11 is 0. The van der Waals surface area contributed by atoms with Crippen LogP contribution < -0.4 is 0 Å². The summed E-state index contributed by atoms with van der Waals surface area (Å²) in [6, 6.07) is 20.9. The monoisotopic (exact) mass is 403 g/mol. The molecule has 1 fully saturated rings. The van der Waals surface area contributed by atoms with Gasteiger partial charge in [-0.2, -0.15) is 0 Å². The second-order valence-electron chi connectivity index (χ2n) is 7.34. The number of hydrogen-bond acceptors (Lipinski definition) is 3. The van der Waals surface area contributed by atoms with Gasteiger partial charge in [0.25, 0.3) is 0 Å². The predicted molar refractivity (Wildman–Crippen MR) is 120 cm³/mol. The maximum Gasteiger partial charge on any atom is 0.312 e. The van der Waals surface area contributed by atoms with Crippen molar-refractivity contribution >= 4 is 11.8 Å². The van der Waals surface area contributed by atoms with E-state index in [9.17, 15) is 9.59 Å². The number of rotatable bonds is 7. The lowest BCUT2D eigenvalue weighted by Gasteiger charge is -2.40. The lowest BCUT2D eigenvalue weighted by Crippen LogP contribution is -2.54. The van der Waals surface area contributed by atoms with E-state index in [4.69, 9.17) is 0 Å². The summed E-state index contributed by atoms with van der Waals surface area (Å²) in [5.41, 5.74) is 2.45. The first kappa shape index (κ1) is 21.5. The Hall–Kier alpha value is -3.18. The fraction of sp³-hybridized carbons (Fsp3) is 0.280. The van der Waals surface area contributed by atoms with E-state index in [-0.39, 0.29) is 6.04 Å². The summed E-state index contributed by atoms with van der Waals surface area (Å²) in [5, 5.41) is 0. The third kappa shape index (κ3) is 5.05. The molecule has 1 aliphatic rings. The highest BCUT2D eigenvalue weighted by atomic mass is 16.2. The van der Waals surface area contributed by atoms with Crippen molar-refractivity contribution in [2.24, 2.45) is 0 Å². The van der Waals surface area contributed by atoms with Gasteiger partial charge >= 0.3 is 11.8 Å². The van der Waals surface area contributed by atoms with Crippen molar-refractivity contribution in [1.29, 1.82) is 0 Å². The van der Waals surface area contributed by atoms with Crippen molar-refractivity contribution in [2.75, 3.05) is 39.3 Å². The lowest BCUT2D eigenvalue weighted by molar-refractivity contribution is -0.152. The van der Waals surface area contributed by atoms with Crippen molar-refractivity contribution in [2.45, 2.75) is 6.04 Å². The molecule has 0 spiro atoms. The van der Waals surface area contributed by atoms with Crippen LogP contribution in [0.1, 0.15) is 17.2 Å². The Bertz CT molecular complexity index is 809. The number of hydrogen-bond donors (Lipinski definition) is 0. The van der Waals surface area contributed by atoms with E-state index >= 15 is 0 Å². The zero-order valence-corrected chi connectivity index (χ0v) is 17.3. The largest absolute Gasteiger partial charge is 0.332 e. The minimum atomic E-state index is -0.495. The Kier molecular flexibility index (Phi) is 7.57. The topological polar surface area (TPSA) is 43.9 Å². The summed E-state index contributed by atoms with van der Waals surface area (Å²) in [7, 11) is 0. The van der Waals surface area contributed by atoms with Crippen LogP contribution in [0.2, 0.25) is 0 Å². The highest BCUT2D eigenvalue weighted by molar-refractivity contribution is 6.35. The Labute approximate surface area is 178 Å². The number of benzene rings is 2. The minimum absolute atomic E-state index is 0.124. The van der Waals surface area contributed by atoms with Crippen LogP contribution in [0.3, 0.4) is 0 Å². The van der Waals surface area contributed by atoms with E-state index in [0.29, 0.717) is 39.3 Å². The Morgan fingerprint density at radius 1 is 0.833 bits per heavy atom. The van der Waals surface area contributed by atoms with Gasteiger partial charge in [0.1, 0.15) is 0 Å². The van der Waals surface area contributed by atoms with E-state index in [1.807, 2.05) is 12.1 Å². The van der Waals surface area contributed by atoms with Gasteiger partial charge in [0.15, 0.2) is 0 Å². The fourth-order valence-electron chi connectivity index (χ4n) is 3.89. The molecule has 0 aromatic heterocycles. The third-order valence-electron chi connectivity index (χ3n) is 5.37. The van der Waals surface area contributed by atoms with Crippen LogP contribution in [0.5, 0.6) is 0 Å². The molecule has 1 heterocycles. The highest BCUT2D eigenvalue weighted by Gasteiger charge is 2.31. The second kappa shape index (κ2) is 10.6. The van der Waals surface area contributed by atoms with Gasteiger partial charge < -0.3 is 9.80 Å². The van der Waals surface area contributed by atoms with Crippen LogP contribution in [0.4, 0.5) is 0 Å². The normalized spacial score (nSPS) is 14.4. The van der Waals surface area contributed by atoms with Crippen LogP contribution in [-0.4, -0.2) is 65.8 Å². The van der Waals surface area contributed by atoms with Crippen LogP contribution >= 0.6 is 0 Å². The van der Waals surface area contributed by atoms with Gasteiger partial charge in [-0.15, -0.1) is 13.2 Å². The zero-order valence-electron chi connectivity index (χ0n) is 17.3. The number of carbonyl (C=O) groups is 2. The zero-order chi connectivity index (χ0) is 21.3. The Morgan fingerprint density at radius 3 is 1.73 bits per heavy atom. The van der Waals surface area contributed by atoms with E-state index in [1.54, 1.807) is 17.1 Å². The molecule has 0 N–H and O–H groups in total. The quantitative estimate of drug-likeness (QED) is 0.527. The molecule has 0 saturated carbocycles. The SMILES string of the molecule is C=CCN(CC=C)C(=O)C(=O)N1CCN(C(c2ccccc2)c2ccccc2)CC1. The van der Waals surface area contributed by atoms with Gasteiger partial charge in [-0.05, 0) is 11.1 Å². The molecule has 2 amide bonds. The first-order chi connectivity index (χ1) is 14.7. The summed E-state index contributed by atoms with van der Waals surface area (Å²) in [4.78, 5) is 30.9. The summed E-state index contributed by atoms with van der Waals surface area (Å²) in [6.07, 6.45) is 3.24. The fourth-order valence-corrected chi connectivity index (χ4v) is 3.89. The summed E-state index contributed by atoms with van der Waals surface area (Å²) in [6.45, 7) is 10.5. The van der Waals surface area contributed by atoms with Crippen LogP contribution in [0, 0.1) is 0 Å². The average molecular weight is 404 g/mol. The maximum absolute atomic E-state index is 12.8. The predicted octanol–water partition coefficient (Wildman–Crippen LogP) is 3.12. The van der Waals surface area contributed by atoms with Crippen molar-refractivity contribution in [3.8, 4) is 0 Å². The molecule has 1 aliphatic heterocycles. The molecule has 0 bridgehead atoms. The van der Waals surface area contributed by atoms with Gasteiger partial charge in [0, 0.05) is 39.3 Å². The van der Waals surface area contributed by atoms with E-state index in [2.05, 4.69) is 66.6 Å². The smallest absolute Gasteiger partial charge is 0.312 e. The van der Waals surface area contributed by atoms with Crippen LogP contribution in [-0.2, 0) is 9.59 Å². The molecule has 30 heavy (non-hydrogen) atoms. The molecular formula is C25H29N3O2. The molecule has 3 rings (SSSR count). The molecule has 0 atom stereocenters. The van der Waals surface area contributed by atoms with Gasteiger partial charge in [-0.3, -0.25) is 14.5 Å². The molecule has 5 heteroatoms. The van der Waals surface area contributed by atoms with Crippen molar-refractivity contribution in [3.05, 3.63) is 97.1 Å². The molecule has 156 valence electrons. The summed E-state index contributed by atoms with van der Waals surface area (Å²) in [5.74, 6) is -0.944. The van der Waals surface area contributed by atoms with E-state index < -0.39 is 11.8 Å². The number of nitrogens with zero attached hydrogens (tertiary/aromatic N) is 3. The summed E-state index contributed by atoms with van der Waals surface area (Å²) < 4.78 is 0. The van der Waals surface area contributed by atoms with Crippen molar-refractivity contribution in [3.63, 3.8) is 0 Å². The standard InChI is InChI=1S/C25H29N3O2/c1-3-15-27(16-4-2)24(29)25(30)28-19-17-26(18-20-28)23(21-11-7-5-8-12-21)22-13-9-6-10-14-22/h3-14,23H,1-2,15-20H2. The van der Waals surface area contributed by atoms with Crippen LogP contribution in [0.25, 0.3) is 0 Å².